The highest BCUT2D eigenvalue weighted by Gasteiger charge is 2.32. The minimum atomic E-state index is -0.876. The highest BCUT2D eigenvalue weighted by atomic mass is 28.3. The summed E-state index contributed by atoms with van der Waals surface area (Å²) in [6, 6.07) is 98.0. The molecule has 0 unspecified atom stereocenters. The summed E-state index contributed by atoms with van der Waals surface area (Å²) in [6.45, 7) is 73.8. The normalized spacial score (nSPS) is 9.88. The highest BCUT2D eigenvalue weighted by Crippen LogP contribution is 2.45. The zero-order valence-corrected chi connectivity index (χ0v) is 92.2. The summed E-state index contributed by atoms with van der Waals surface area (Å²) in [4.78, 5) is 71.3. The van der Waals surface area contributed by atoms with Gasteiger partial charge in [0.2, 0.25) is 0 Å². The van der Waals surface area contributed by atoms with Gasteiger partial charge in [0.05, 0.1) is 7.11 Å². The van der Waals surface area contributed by atoms with Crippen LogP contribution < -0.4 is 4.74 Å². The van der Waals surface area contributed by atoms with Gasteiger partial charge in [0.1, 0.15) is 49.3 Å². The summed E-state index contributed by atoms with van der Waals surface area (Å²) in [7, 11) is -0.0536. The minimum Gasteiger partial charge on any atom is -0.497 e. The number of hydrogen-bond donors (Lipinski definition) is 0. The molecule has 0 aliphatic heterocycles. The molecule has 15 heteroatoms. The second-order valence-electron chi connectivity index (χ2n) is 37.7. The van der Waals surface area contributed by atoms with Gasteiger partial charge >= 0.3 is 23.9 Å². The van der Waals surface area contributed by atoms with Crippen molar-refractivity contribution in [3.63, 3.8) is 0 Å². The van der Waals surface area contributed by atoms with Crippen molar-refractivity contribution in [1.29, 1.82) is 0 Å². The fraction of sp³-hybridized carbons (Fsp3) is 0.437. The van der Waals surface area contributed by atoms with Gasteiger partial charge in [-0.05, 0) is 165 Å². The van der Waals surface area contributed by atoms with Gasteiger partial charge in [-0.3, -0.25) is 24.0 Å². The molecular weight excluding hydrogens is 1780 g/mol. The van der Waals surface area contributed by atoms with Crippen LogP contribution in [0, 0.1) is 12.3 Å². The van der Waals surface area contributed by atoms with E-state index in [1.807, 2.05) is 162 Å². The van der Waals surface area contributed by atoms with Gasteiger partial charge < -0.3 is 38.0 Å². The number of carbonyl (C=O) groups excluding carboxylic acids is 7. The number of Topliss-reactive ketones (excluding diaryl/α,β-unsaturated/α-hetero) is 2. The Morgan fingerprint density at radius 1 is 0.404 bits per heavy atom. The molecule has 0 atom stereocenters. The maximum Gasteiger partial charge on any atom is 0.303 e. The Bertz CT molecular complexity index is 4450. The third-order valence-corrected chi connectivity index (χ3v) is 25.1. The number of ketones is 2. The lowest BCUT2D eigenvalue weighted by Gasteiger charge is -2.32. The molecule has 1 aliphatic carbocycles. The van der Waals surface area contributed by atoms with E-state index >= 15 is 0 Å². The molecule has 0 heterocycles. The number of rotatable bonds is 21. The van der Waals surface area contributed by atoms with Gasteiger partial charge in [-0.25, -0.2) is 0 Å². The maximum absolute atomic E-state index is 11.0. The van der Waals surface area contributed by atoms with Crippen LogP contribution in [0.1, 0.15) is 304 Å². The molecule has 11 rings (SSSR count). The standard InChI is InChI=1S/C20H18.C16H14O2.C9H10O2.C9H12O.C8H8O2.C8H18OSi.C8H10.C7H18Si.C7H8.C6H12O2.C5H8O2.C5H12.C5H10.C3H6O.C3H8.C2H6.5CH4/c1-20(17-11-5-2-6-12-17,18-13-7-3-8-14-18)19-15-9-4-10-16-19;1-11(17)18-10-16-14-8-4-2-6-12(14)13-7-3-5-9-15(13)16;1-8(10)11-7-9-5-3-2-4-6-9;1-3-8-4-6-9(10-2)7-5-8;9-7-10-6-8-4-2-1-3-5-8;1-8(9)6-5-7-10(2,3)4;1-2-8-6-4-3-5-7-8;1-7(2,3)8(4,5)6;1-7-5-3-2-4-6-7;1-5(7)8-6(2,3)4;1-3-4-7-5(2)6;1-5(2,3)4;1-3-5-4-2;1-3(2)4;1-3-2;1-2;;;;;/h2-16H,1H3;2-9,16H,10H2,1H3;2-6H,7H2,1H3;4-7H,3H2,1-2H3;1-5,7H,6H2;5-7H2,1-4H3;3-7H,2H2,1H3;1-6H3;2-6H,1H3;1-4H3;3H,1,4H2,2H3;1-4H3;3H,1,4-5H2,2H3;1-2H3;3H2,1-2H3;1-2H3;5*1H4. The zero-order chi connectivity index (χ0) is 105. The quantitative estimate of drug-likeness (QED) is 0.0166. The Morgan fingerprint density at radius 3 is 0.936 bits per heavy atom. The predicted molar refractivity (Wildman–Crippen MR) is 621 cm³/mol. The van der Waals surface area contributed by atoms with E-state index in [1.165, 1.54) is 122 Å². The first kappa shape index (κ1) is 150. The van der Waals surface area contributed by atoms with Crippen LogP contribution in [0.4, 0.5) is 0 Å². The number of aryl methyl sites for hydroxylation is 3. The molecule has 10 aromatic rings. The van der Waals surface area contributed by atoms with Crippen molar-refractivity contribution in [3.05, 3.63) is 366 Å². The molecule has 1 aliphatic rings. The number of allylic oxidation sites excluding steroid dienone is 1. The Balaban J connectivity index is -0.000000166. The van der Waals surface area contributed by atoms with Crippen LogP contribution >= 0.6 is 0 Å². The van der Waals surface area contributed by atoms with Crippen molar-refractivity contribution >= 4 is 58.1 Å². The number of unbranched alkanes of at least 4 members (excludes halogenated alkanes) is 1. The Kier molecular flexibility index (Phi) is 95.6. The van der Waals surface area contributed by atoms with Crippen LogP contribution in [-0.4, -0.2) is 84.0 Å². The topological polar surface area (TPSA) is 175 Å². The van der Waals surface area contributed by atoms with Gasteiger partial charge in [0.25, 0.3) is 6.47 Å². The molecule has 0 saturated carbocycles. The number of ether oxygens (including phenoxy) is 6. The fourth-order valence-electron chi connectivity index (χ4n) is 10.7. The van der Waals surface area contributed by atoms with Gasteiger partial charge in [0.15, 0.2) is 0 Å². The third kappa shape index (κ3) is 87.4. The monoisotopic (exact) mass is 1980 g/mol. The van der Waals surface area contributed by atoms with Crippen LogP contribution in [-0.2, 0) is 88.7 Å². The van der Waals surface area contributed by atoms with Gasteiger partial charge in [-0.2, -0.15) is 0 Å². The molecule has 10 aromatic carbocycles. The molecule has 141 heavy (non-hydrogen) atoms. The van der Waals surface area contributed by atoms with Crippen molar-refractivity contribution in [2.24, 2.45) is 5.41 Å². The smallest absolute Gasteiger partial charge is 0.303 e. The molecule has 0 aromatic heterocycles. The number of esters is 4. The summed E-state index contributed by atoms with van der Waals surface area (Å²) in [5.74, 6) is 0.639. The first-order valence-corrected chi connectivity index (χ1v) is 55.1. The number of fused-ring (bicyclic) bond motifs is 3. The van der Waals surface area contributed by atoms with Crippen molar-refractivity contribution in [1.82, 2.24) is 0 Å². The van der Waals surface area contributed by atoms with E-state index in [4.69, 9.17) is 18.9 Å². The van der Waals surface area contributed by atoms with E-state index in [0.29, 0.717) is 49.1 Å². The summed E-state index contributed by atoms with van der Waals surface area (Å²) in [6.07, 6.45) is 11.2. The van der Waals surface area contributed by atoms with Crippen LogP contribution in [0.5, 0.6) is 5.75 Å². The van der Waals surface area contributed by atoms with Crippen LogP contribution in [0.2, 0.25) is 50.4 Å². The van der Waals surface area contributed by atoms with Crippen molar-refractivity contribution < 1.29 is 62.0 Å². The van der Waals surface area contributed by atoms with Crippen LogP contribution in [0.3, 0.4) is 0 Å². The number of carbonyl (C=O) groups is 7. The van der Waals surface area contributed by atoms with E-state index in [0.717, 1.165) is 49.0 Å². The van der Waals surface area contributed by atoms with Crippen LogP contribution in [0.15, 0.2) is 310 Å². The van der Waals surface area contributed by atoms with E-state index < -0.39 is 16.1 Å². The zero-order valence-electron chi connectivity index (χ0n) is 90.2. The summed E-state index contributed by atoms with van der Waals surface area (Å²) >= 11 is 0. The molecule has 0 bridgehead atoms. The molecule has 0 radical (unpaired) electrons. The van der Waals surface area contributed by atoms with Gasteiger partial charge in [-0.15, -0.1) is 6.58 Å². The molecule has 0 saturated heterocycles. The lowest BCUT2D eigenvalue weighted by Crippen LogP contribution is -2.32. The molecule has 0 N–H and O–H groups in total. The summed E-state index contributed by atoms with van der Waals surface area (Å²) < 4.78 is 28.8. The average molecular weight is 1980 g/mol. The second kappa shape index (κ2) is 89.9. The Morgan fingerprint density at radius 2 is 0.709 bits per heavy atom. The Hall–Kier alpha value is -11.4. The van der Waals surface area contributed by atoms with Crippen molar-refractivity contribution in [3.8, 4) is 16.9 Å². The molecule has 0 spiro atoms. The number of methoxy groups -OCH3 is 1. The van der Waals surface area contributed by atoms with E-state index in [2.05, 4.69) is 323 Å². The highest BCUT2D eigenvalue weighted by molar-refractivity contribution is 6.78. The first-order valence-electron chi connectivity index (χ1n) is 47.9. The summed E-state index contributed by atoms with van der Waals surface area (Å²) in [5.41, 5.74) is 15.1. The lowest BCUT2D eigenvalue weighted by molar-refractivity contribution is -0.152. The van der Waals surface area contributed by atoms with E-state index in [1.54, 1.807) is 14.0 Å². The molecule has 13 nitrogen and oxygen atoms in total. The number of benzene rings is 10. The molecular formula is C126H198O13Si2. The Labute approximate surface area is 865 Å². The van der Waals surface area contributed by atoms with Crippen molar-refractivity contribution in [2.45, 2.75) is 343 Å². The van der Waals surface area contributed by atoms with E-state index in [9.17, 15) is 33.6 Å². The SMILES string of the molecule is C.C.C.C.C.C=CCCC.C=CCOC(C)=O.CC.CC(=O)CCC[Si](C)(C)C.CC(=O)OC(C)(C)C.CC(=O)OCC1c2ccccc2-c2ccccc21.CC(=O)OCc1ccccc1.CC(C)(C)C.CC(C)(C)[Si](C)(C)C.CC(C)=O.CC(c1ccccc1)(c1ccccc1)c1ccccc1.CCC.CCc1ccc(OC)cc1.CCc1ccccc1.Cc1ccccc1.O=COCc1ccccc1. The number of hydrogen-bond acceptors (Lipinski definition) is 13. The maximum atomic E-state index is 11.0. The van der Waals surface area contributed by atoms with Gasteiger partial charge in [-0.1, -0.05) is 490 Å². The van der Waals surface area contributed by atoms with Crippen molar-refractivity contribution in [2.75, 3.05) is 20.3 Å². The minimum absolute atomic E-state index is 0. The molecule has 0 fully saturated rings. The molecule has 788 valence electrons. The fourth-order valence-corrected chi connectivity index (χ4v) is 11.9. The predicted octanol–water partition coefficient (Wildman–Crippen LogP) is 36.2. The molecule has 0 amide bonds. The van der Waals surface area contributed by atoms with E-state index in [-0.39, 0.29) is 83.7 Å². The second-order valence-corrected chi connectivity index (χ2v) is 49.3. The average Bonchev–Trinajstić information content (AvgIpc) is 1.70. The first-order chi connectivity index (χ1) is 63.9. The largest absolute Gasteiger partial charge is 0.497 e. The van der Waals surface area contributed by atoms with Crippen LogP contribution in [0.25, 0.3) is 11.1 Å². The third-order valence-electron chi connectivity index (χ3n) is 18.7. The summed E-state index contributed by atoms with van der Waals surface area (Å²) in [5, 5.41) is 0.576. The lowest BCUT2D eigenvalue weighted by atomic mass is 9.71. The van der Waals surface area contributed by atoms with Gasteiger partial charge in [0, 0.05) is 61.6 Å².